The Balaban J connectivity index is 1.70. The highest BCUT2D eigenvalue weighted by Gasteiger charge is 2.09. The Bertz CT molecular complexity index is 940. The van der Waals surface area contributed by atoms with Gasteiger partial charge < -0.3 is 9.15 Å². The van der Waals surface area contributed by atoms with Gasteiger partial charge in [-0.1, -0.05) is 42.5 Å². The number of hydrogen-bond donors (Lipinski definition) is 0. The molecular formula is C20H15NO2. The second-order valence-corrected chi connectivity index (χ2v) is 5.30. The minimum atomic E-state index is 0.618. The van der Waals surface area contributed by atoms with Crippen LogP contribution < -0.4 is 4.74 Å². The molecule has 1 heterocycles. The normalized spacial score (nSPS) is 10.8. The van der Waals surface area contributed by atoms with Gasteiger partial charge in [0.05, 0.1) is 7.11 Å². The summed E-state index contributed by atoms with van der Waals surface area (Å²) in [5, 5.41) is 0. The van der Waals surface area contributed by atoms with E-state index in [9.17, 15) is 0 Å². The average Bonchev–Trinajstić information content (AvgIpc) is 3.05. The highest BCUT2D eigenvalue weighted by atomic mass is 16.5. The van der Waals surface area contributed by atoms with Gasteiger partial charge in [-0.15, -0.1) is 0 Å². The van der Waals surface area contributed by atoms with Crippen molar-refractivity contribution >= 4 is 11.1 Å². The van der Waals surface area contributed by atoms with E-state index in [2.05, 4.69) is 29.2 Å². The van der Waals surface area contributed by atoms with E-state index in [1.54, 1.807) is 7.11 Å². The molecule has 0 aliphatic carbocycles. The number of nitrogens with zero attached hydrogens (tertiary/aromatic N) is 1. The van der Waals surface area contributed by atoms with E-state index in [1.165, 1.54) is 11.1 Å². The van der Waals surface area contributed by atoms with Crippen molar-refractivity contribution in [1.29, 1.82) is 0 Å². The van der Waals surface area contributed by atoms with Crippen LogP contribution in [0.4, 0.5) is 0 Å². The molecule has 4 rings (SSSR count). The molecule has 3 aromatic carbocycles. The van der Waals surface area contributed by atoms with Crippen LogP contribution in [-0.4, -0.2) is 12.1 Å². The molecule has 112 valence electrons. The minimum absolute atomic E-state index is 0.618. The van der Waals surface area contributed by atoms with Gasteiger partial charge in [-0.05, 0) is 35.4 Å². The smallest absolute Gasteiger partial charge is 0.227 e. The fourth-order valence-electron chi connectivity index (χ4n) is 2.59. The summed E-state index contributed by atoms with van der Waals surface area (Å²) in [6, 6.07) is 24.1. The monoisotopic (exact) mass is 301 g/mol. The average molecular weight is 301 g/mol. The van der Waals surface area contributed by atoms with E-state index in [0.717, 1.165) is 22.4 Å². The Hall–Kier alpha value is -3.07. The Labute approximate surface area is 134 Å². The number of benzene rings is 3. The molecule has 3 nitrogen and oxygen atoms in total. The van der Waals surface area contributed by atoms with Crippen molar-refractivity contribution in [3.05, 3.63) is 72.8 Å². The van der Waals surface area contributed by atoms with Gasteiger partial charge in [0.15, 0.2) is 5.58 Å². The summed E-state index contributed by atoms with van der Waals surface area (Å²) in [6.45, 7) is 0. The third-order valence-electron chi connectivity index (χ3n) is 3.83. The van der Waals surface area contributed by atoms with Gasteiger partial charge >= 0.3 is 0 Å². The van der Waals surface area contributed by atoms with Gasteiger partial charge in [-0.25, -0.2) is 4.98 Å². The number of rotatable bonds is 3. The Morgan fingerprint density at radius 2 is 1.48 bits per heavy atom. The lowest BCUT2D eigenvalue weighted by Gasteiger charge is -2.02. The van der Waals surface area contributed by atoms with Gasteiger partial charge in [-0.3, -0.25) is 0 Å². The number of aromatic nitrogens is 1. The van der Waals surface area contributed by atoms with Crippen LogP contribution in [0.25, 0.3) is 33.7 Å². The van der Waals surface area contributed by atoms with E-state index >= 15 is 0 Å². The number of hydrogen-bond acceptors (Lipinski definition) is 3. The standard InChI is InChI=1S/C20H15NO2/c1-22-17-11-12-19-18(13-17)21-20(23-19)16-9-7-15(8-10-16)14-5-3-2-4-6-14/h2-13H,1H3. The largest absolute Gasteiger partial charge is 0.497 e. The second-order valence-electron chi connectivity index (χ2n) is 5.30. The maximum absolute atomic E-state index is 5.83. The van der Waals surface area contributed by atoms with Crippen molar-refractivity contribution in [2.24, 2.45) is 0 Å². The third-order valence-corrected chi connectivity index (χ3v) is 3.83. The molecule has 0 atom stereocenters. The van der Waals surface area contributed by atoms with Crippen molar-refractivity contribution in [2.45, 2.75) is 0 Å². The first kappa shape index (κ1) is 13.6. The van der Waals surface area contributed by atoms with Crippen molar-refractivity contribution in [3.8, 4) is 28.3 Å². The van der Waals surface area contributed by atoms with E-state index < -0.39 is 0 Å². The van der Waals surface area contributed by atoms with Crippen molar-refractivity contribution in [2.75, 3.05) is 7.11 Å². The Morgan fingerprint density at radius 1 is 0.783 bits per heavy atom. The quantitative estimate of drug-likeness (QED) is 0.523. The third kappa shape index (κ3) is 2.57. The molecule has 1 aromatic heterocycles. The number of ether oxygens (including phenoxy) is 1. The number of oxazole rings is 1. The first-order valence-corrected chi connectivity index (χ1v) is 7.44. The summed E-state index contributed by atoms with van der Waals surface area (Å²) >= 11 is 0. The summed E-state index contributed by atoms with van der Waals surface area (Å²) in [7, 11) is 1.64. The van der Waals surface area contributed by atoms with Crippen LogP contribution in [0.2, 0.25) is 0 Å². The van der Waals surface area contributed by atoms with Gasteiger partial charge in [0.1, 0.15) is 11.3 Å². The van der Waals surface area contributed by atoms with Crippen LogP contribution in [-0.2, 0) is 0 Å². The molecule has 0 saturated carbocycles. The number of fused-ring (bicyclic) bond motifs is 1. The van der Waals surface area contributed by atoms with Gasteiger partial charge in [0.25, 0.3) is 0 Å². The van der Waals surface area contributed by atoms with Crippen LogP contribution in [0.15, 0.2) is 77.2 Å². The van der Waals surface area contributed by atoms with E-state index in [4.69, 9.17) is 9.15 Å². The van der Waals surface area contributed by atoms with Crippen LogP contribution >= 0.6 is 0 Å². The molecule has 0 unspecified atom stereocenters. The van der Waals surface area contributed by atoms with Crippen molar-refractivity contribution < 1.29 is 9.15 Å². The predicted octanol–water partition coefficient (Wildman–Crippen LogP) is 5.17. The summed E-state index contributed by atoms with van der Waals surface area (Å²) in [4.78, 5) is 4.55. The fourth-order valence-corrected chi connectivity index (χ4v) is 2.59. The molecule has 0 amide bonds. The van der Waals surface area contributed by atoms with Crippen LogP contribution in [0.5, 0.6) is 5.75 Å². The van der Waals surface area contributed by atoms with E-state index in [1.807, 2.05) is 48.5 Å². The van der Waals surface area contributed by atoms with Crippen LogP contribution in [0.1, 0.15) is 0 Å². The Kier molecular flexibility index (Phi) is 3.31. The second kappa shape index (κ2) is 5.61. The molecule has 0 aliphatic heterocycles. The molecule has 0 radical (unpaired) electrons. The number of methoxy groups -OCH3 is 1. The highest BCUT2D eigenvalue weighted by Crippen LogP contribution is 2.28. The van der Waals surface area contributed by atoms with Gasteiger partial charge in [-0.2, -0.15) is 0 Å². The highest BCUT2D eigenvalue weighted by molar-refractivity contribution is 5.78. The molecular weight excluding hydrogens is 286 g/mol. The maximum atomic E-state index is 5.83. The summed E-state index contributed by atoms with van der Waals surface area (Å²) in [5.41, 5.74) is 4.88. The molecule has 0 saturated heterocycles. The minimum Gasteiger partial charge on any atom is -0.497 e. The molecule has 4 aromatic rings. The summed E-state index contributed by atoms with van der Waals surface area (Å²) < 4.78 is 11.1. The zero-order valence-corrected chi connectivity index (χ0v) is 12.7. The lowest BCUT2D eigenvalue weighted by atomic mass is 10.0. The first-order valence-electron chi connectivity index (χ1n) is 7.44. The topological polar surface area (TPSA) is 35.3 Å². The first-order chi connectivity index (χ1) is 11.3. The van der Waals surface area contributed by atoms with Gasteiger partial charge in [0.2, 0.25) is 5.89 Å². The van der Waals surface area contributed by atoms with Gasteiger partial charge in [0, 0.05) is 11.6 Å². The SMILES string of the molecule is COc1ccc2oc(-c3ccc(-c4ccccc4)cc3)nc2c1. The Morgan fingerprint density at radius 3 is 2.22 bits per heavy atom. The molecule has 0 spiro atoms. The predicted molar refractivity (Wildman–Crippen MR) is 91.4 cm³/mol. The molecule has 23 heavy (non-hydrogen) atoms. The zero-order chi connectivity index (χ0) is 15.6. The lowest BCUT2D eigenvalue weighted by Crippen LogP contribution is -1.81. The fraction of sp³-hybridized carbons (Fsp3) is 0.0500. The van der Waals surface area contributed by atoms with E-state index in [-0.39, 0.29) is 0 Å². The van der Waals surface area contributed by atoms with Crippen LogP contribution in [0.3, 0.4) is 0 Å². The van der Waals surface area contributed by atoms with Crippen LogP contribution in [0, 0.1) is 0 Å². The van der Waals surface area contributed by atoms with Crippen molar-refractivity contribution in [1.82, 2.24) is 4.98 Å². The lowest BCUT2D eigenvalue weighted by molar-refractivity contribution is 0.415. The summed E-state index contributed by atoms with van der Waals surface area (Å²) in [6.07, 6.45) is 0. The molecule has 3 heteroatoms. The molecule has 0 aliphatic rings. The summed E-state index contributed by atoms with van der Waals surface area (Å²) in [5.74, 6) is 1.39. The zero-order valence-electron chi connectivity index (χ0n) is 12.7. The molecule has 0 fully saturated rings. The molecule has 0 N–H and O–H groups in total. The maximum Gasteiger partial charge on any atom is 0.227 e. The van der Waals surface area contributed by atoms with Crippen molar-refractivity contribution in [3.63, 3.8) is 0 Å². The van der Waals surface area contributed by atoms with E-state index in [0.29, 0.717) is 5.89 Å². The molecule has 0 bridgehead atoms.